The van der Waals surface area contributed by atoms with E-state index >= 15 is 0 Å². The molecule has 94 valence electrons. The molecule has 0 amide bonds. The maximum Gasteiger partial charge on any atom is 0.573 e. The van der Waals surface area contributed by atoms with Crippen molar-refractivity contribution in [2.45, 2.75) is 11.3 Å². The zero-order valence-electron chi connectivity index (χ0n) is 9.11. The van der Waals surface area contributed by atoms with Gasteiger partial charge in [0.1, 0.15) is 5.75 Å². The fourth-order valence-corrected chi connectivity index (χ4v) is 1.65. The van der Waals surface area contributed by atoms with Crippen LogP contribution in [0, 0.1) is 0 Å². The van der Waals surface area contributed by atoms with Crippen molar-refractivity contribution in [2.24, 2.45) is 0 Å². The Morgan fingerprint density at radius 2 is 1.22 bits per heavy atom. The van der Waals surface area contributed by atoms with Crippen LogP contribution < -0.4 is 4.74 Å². The third kappa shape index (κ3) is 3.43. The molecule has 2 aromatic rings. The molecule has 0 aliphatic heterocycles. The van der Waals surface area contributed by atoms with E-state index in [2.05, 4.69) is 17.4 Å². The van der Waals surface area contributed by atoms with E-state index in [0.29, 0.717) is 0 Å². The van der Waals surface area contributed by atoms with Crippen LogP contribution >= 0.6 is 12.6 Å². The topological polar surface area (TPSA) is 9.23 Å². The van der Waals surface area contributed by atoms with Crippen molar-refractivity contribution in [3.8, 4) is 16.9 Å². The molecule has 0 radical (unpaired) electrons. The van der Waals surface area contributed by atoms with Gasteiger partial charge in [0.15, 0.2) is 0 Å². The number of hydrogen-bond acceptors (Lipinski definition) is 2. The minimum Gasteiger partial charge on any atom is -0.406 e. The number of halogens is 3. The maximum atomic E-state index is 12.0. The van der Waals surface area contributed by atoms with Crippen molar-refractivity contribution in [3.63, 3.8) is 0 Å². The number of benzene rings is 2. The summed E-state index contributed by atoms with van der Waals surface area (Å²) in [6.07, 6.45) is -4.66. The third-order valence-corrected chi connectivity index (χ3v) is 2.59. The summed E-state index contributed by atoms with van der Waals surface area (Å²) in [6.45, 7) is 0. The van der Waals surface area contributed by atoms with Crippen LogP contribution in [-0.4, -0.2) is 6.36 Å². The molecule has 0 aliphatic rings. The fraction of sp³-hybridized carbons (Fsp3) is 0.0769. The lowest BCUT2D eigenvalue weighted by atomic mass is 10.1. The smallest absolute Gasteiger partial charge is 0.406 e. The molecule has 0 bridgehead atoms. The van der Waals surface area contributed by atoms with Gasteiger partial charge in [0, 0.05) is 4.90 Å². The summed E-state index contributed by atoms with van der Waals surface area (Å²) in [5.74, 6) is -0.225. The number of alkyl halides is 3. The molecule has 0 N–H and O–H groups in total. The van der Waals surface area contributed by atoms with E-state index in [4.69, 9.17) is 0 Å². The van der Waals surface area contributed by atoms with E-state index in [-0.39, 0.29) is 5.75 Å². The van der Waals surface area contributed by atoms with Crippen molar-refractivity contribution in [1.29, 1.82) is 0 Å². The van der Waals surface area contributed by atoms with Gasteiger partial charge >= 0.3 is 6.36 Å². The fourth-order valence-electron chi connectivity index (χ4n) is 1.50. The van der Waals surface area contributed by atoms with E-state index in [9.17, 15) is 13.2 Å². The van der Waals surface area contributed by atoms with Crippen molar-refractivity contribution in [1.82, 2.24) is 0 Å². The quantitative estimate of drug-likeness (QED) is 0.788. The minimum atomic E-state index is -4.66. The van der Waals surface area contributed by atoms with Crippen molar-refractivity contribution < 1.29 is 17.9 Å². The number of ether oxygens (including phenoxy) is 1. The Morgan fingerprint density at radius 1 is 0.778 bits per heavy atom. The first-order chi connectivity index (χ1) is 8.44. The average Bonchev–Trinajstić information content (AvgIpc) is 2.29. The van der Waals surface area contributed by atoms with E-state index in [0.717, 1.165) is 16.0 Å². The second-order valence-electron chi connectivity index (χ2n) is 3.62. The zero-order valence-corrected chi connectivity index (χ0v) is 10.0. The highest BCUT2D eigenvalue weighted by Crippen LogP contribution is 2.26. The molecule has 0 atom stereocenters. The summed E-state index contributed by atoms with van der Waals surface area (Å²) in [7, 11) is 0. The Balaban J connectivity index is 2.20. The van der Waals surface area contributed by atoms with Crippen LogP contribution in [0.3, 0.4) is 0 Å². The van der Waals surface area contributed by atoms with E-state index in [1.165, 1.54) is 12.1 Å². The SMILES string of the molecule is FC(F)(F)Oc1ccc(-c2ccc(S)cc2)cc1. The van der Waals surface area contributed by atoms with Gasteiger partial charge in [0.2, 0.25) is 0 Å². The lowest BCUT2D eigenvalue weighted by molar-refractivity contribution is -0.274. The summed E-state index contributed by atoms with van der Waals surface area (Å²) in [4.78, 5) is 0.829. The molecule has 0 fully saturated rings. The lowest BCUT2D eigenvalue weighted by Crippen LogP contribution is -2.16. The second-order valence-corrected chi connectivity index (χ2v) is 4.14. The van der Waals surface area contributed by atoms with E-state index in [1.807, 2.05) is 24.3 Å². The predicted molar refractivity (Wildman–Crippen MR) is 65.8 cm³/mol. The van der Waals surface area contributed by atoms with Crippen LogP contribution in [0.25, 0.3) is 11.1 Å². The molecule has 0 saturated heterocycles. The first-order valence-electron chi connectivity index (χ1n) is 5.09. The monoisotopic (exact) mass is 270 g/mol. The van der Waals surface area contributed by atoms with Gasteiger partial charge in [-0.3, -0.25) is 0 Å². The molecule has 5 heteroatoms. The molecule has 0 saturated carbocycles. The summed E-state index contributed by atoms with van der Waals surface area (Å²) in [5, 5.41) is 0. The molecule has 0 aliphatic carbocycles. The molecule has 0 spiro atoms. The third-order valence-electron chi connectivity index (χ3n) is 2.29. The number of hydrogen-bond donors (Lipinski definition) is 1. The Morgan fingerprint density at radius 3 is 1.67 bits per heavy atom. The predicted octanol–water partition coefficient (Wildman–Crippen LogP) is 4.54. The number of rotatable bonds is 2. The molecule has 0 aromatic heterocycles. The Labute approximate surface area is 108 Å². The number of thiol groups is 1. The van der Waals surface area contributed by atoms with Gasteiger partial charge in [0.05, 0.1) is 0 Å². The largest absolute Gasteiger partial charge is 0.573 e. The second kappa shape index (κ2) is 4.94. The van der Waals surface area contributed by atoms with Gasteiger partial charge in [-0.25, -0.2) is 0 Å². The van der Waals surface area contributed by atoms with E-state index < -0.39 is 6.36 Å². The molecule has 2 aromatic carbocycles. The lowest BCUT2D eigenvalue weighted by Gasteiger charge is -2.09. The average molecular weight is 270 g/mol. The Kier molecular flexibility index (Phi) is 3.52. The summed E-state index contributed by atoms with van der Waals surface area (Å²) in [6, 6.07) is 13.1. The maximum absolute atomic E-state index is 12.0. The summed E-state index contributed by atoms with van der Waals surface area (Å²) in [5.41, 5.74) is 1.73. The zero-order chi connectivity index (χ0) is 13.2. The molecular weight excluding hydrogens is 261 g/mol. The molecule has 0 unspecified atom stereocenters. The van der Waals surface area contributed by atoms with Crippen LogP contribution in [0.5, 0.6) is 5.75 Å². The van der Waals surface area contributed by atoms with Crippen molar-refractivity contribution in [3.05, 3.63) is 48.5 Å². The highest BCUT2D eigenvalue weighted by atomic mass is 32.1. The van der Waals surface area contributed by atoms with Gasteiger partial charge in [0.25, 0.3) is 0 Å². The standard InChI is InChI=1S/C13H9F3OS/c14-13(15,16)17-11-5-1-9(2-6-11)10-3-7-12(18)8-4-10/h1-8,18H. The van der Waals surface area contributed by atoms with Crippen molar-refractivity contribution in [2.75, 3.05) is 0 Å². The van der Waals surface area contributed by atoms with Gasteiger partial charge in [-0.2, -0.15) is 0 Å². The normalized spacial score (nSPS) is 11.3. The first-order valence-corrected chi connectivity index (χ1v) is 5.54. The van der Waals surface area contributed by atoms with Crippen LogP contribution in [0.2, 0.25) is 0 Å². The highest BCUT2D eigenvalue weighted by molar-refractivity contribution is 7.80. The van der Waals surface area contributed by atoms with Gasteiger partial charge in [-0.15, -0.1) is 25.8 Å². The van der Waals surface area contributed by atoms with Crippen molar-refractivity contribution >= 4 is 12.6 Å². The molecule has 1 nitrogen and oxygen atoms in total. The van der Waals surface area contributed by atoms with Gasteiger partial charge < -0.3 is 4.74 Å². The van der Waals surface area contributed by atoms with Gasteiger partial charge in [-0.1, -0.05) is 24.3 Å². The summed E-state index contributed by atoms with van der Waals surface area (Å²) < 4.78 is 39.7. The molecule has 2 rings (SSSR count). The molecular formula is C13H9F3OS. The van der Waals surface area contributed by atoms with E-state index in [1.54, 1.807) is 12.1 Å². The van der Waals surface area contributed by atoms with Crippen LogP contribution in [-0.2, 0) is 0 Å². The van der Waals surface area contributed by atoms with Crippen LogP contribution in [0.4, 0.5) is 13.2 Å². The van der Waals surface area contributed by atoms with Crippen LogP contribution in [0.15, 0.2) is 53.4 Å². The Bertz CT molecular complexity index is 517. The first kappa shape index (κ1) is 12.8. The summed E-state index contributed by atoms with van der Waals surface area (Å²) >= 11 is 4.16. The Hall–Kier alpha value is -1.62. The molecule has 0 heterocycles. The molecule has 18 heavy (non-hydrogen) atoms. The highest BCUT2D eigenvalue weighted by Gasteiger charge is 2.30. The van der Waals surface area contributed by atoms with Gasteiger partial charge in [-0.05, 0) is 35.4 Å². The minimum absolute atomic E-state index is 0.225. The van der Waals surface area contributed by atoms with Crippen LogP contribution in [0.1, 0.15) is 0 Å².